The van der Waals surface area contributed by atoms with E-state index in [1.54, 1.807) is 4.90 Å². The molecule has 1 aromatic rings. The van der Waals surface area contributed by atoms with Crippen molar-refractivity contribution in [3.8, 4) is 0 Å². The van der Waals surface area contributed by atoms with Crippen molar-refractivity contribution in [2.75, 3.05) is 13.1 Å². The zero-order valence-corrected chi connectivity index (χ0v) is 11.0. The van der Waals surface area contributed by atoms with Gasteiger partial charge in [0.1, 0.15) is 6.61 Å². The molecule has 3 rings (SSSR count). The van der Waals surface area contributed by atoms with Crippen molar-refractivity contribution in [3.63, 3.8) is 0 Å². The molecule has 0 bridgehead atoms. The average molecular weight is 260 g/mol. The molecule has 0 unspecified atom stereocenters. The molecule has 0 aromatic heterocycles. The highest BCUT2D eigenvalue weighted by molar-refractivity contribution is 5.67. The molecule has 1 aromatic carbocycles. The van der Waals surface area contributed by atoms with Gasteiger partial charge in [-0.05, 0) is 30.2 Å². The molecule has 4 nitrogen and oxygen atoms in total. The Labute approximate surface area is 113 Å². The molecule has 1 atom stereocenters. The summed E-state index contributed by atoms with van der Waals surface area (Å²) in [7, 11) is 0. The normalized spacial score (nSPS) is 24.3. The van der Waals surface area contributed by atoms with Gasteiger partial charge >= 0.3 is 6.09 Å². The highest BCUT2D eigenvalue weighted by Gasteiger charge is 2.53. The summed E-state index contributed by atoms with van der Waals surface area (Å²) in [6.45, 7) is 1.91. The Morgan fingerprint density at radius 2 is 1.95 bits per heavy atom. The molecule has 19 heavy (non-hydrogen) atoms. The number of likely N-dealkylation sites (tertiary alicyclic amines) is 1. The molecular formula is C15H20N2O2. The minimum Gasteiger partial charge on any atom is -0.445 e. The van der Waals surface area contributed by atoms with E-state index in [9.17, 15) is 4.79 Å². The lowest BCUT2D eigenvalue weighted by atomic mass is 9.93. The highest BCUT2D eigenvalue weighted by Crippen LogP contribution is 2.52. The van der Waals surface area contributed by atoms with Gasteiger partial charge in [-0.3, -0.25) is 0 Å². The Bertz CT molecular complexity index is 452. The SMILES string of the molecule is N[C@@H]1CC12CCN(C(=O)OCc1ccccc1)CC2. The molecule has 1 saturated heterocycles. The van der Waals surface area contributed by atoms with Crippen LogP contribution < -0.4 is 5.73 Å². The third kappa shape index (κ3) is 2.59. The molecule has 1 aliphatic heterocycles. The number of carbonyl (C=O) groups excluding carboxylic acids is 1. The van der Waals surface area contributed by atoms with Crippen LogP contribution in [-0.2, 0) is 11.3 Å². The fourth-order valence-electron chi connectivity index (χ4n) is 2.90. The number of ether oxygens (including phenoxy) is 1. The van der Waals surface area contributed by atoms with E-state index in [1.807, 2.05) is 30.3 Å². The number of piperidine rings is 1. The molecule has 2 N–H and O–H groups in total. The third-order valence-electron chi connectivity index (χ3n) is 4.48. The predicted molar refractivity (Wildman–Crippen MR) is 72.5 cm³/mol. The van der Waals surface area contributed by atoms with Gasteiger partial charge in [0.15, 0.2) is 0 Å². The van der Waals surface area contributed by atoms with Crippen LogP contribution >= 0.6 is 0 Å². The number of benzene rings is 1. The average Bonchev–Trinajstić information content (AvgIpc) is 3.07. The molecule has 2 fully saturated rings. The monoisotopic (exact) mass is 260 g/mol. The molecular weight excluding hydrogens is 240 g/mol. The fourth-order valence-corrected chi connectivity index (χ4v) is 2.90. The van der Waals surface area contributed by atoms with Crippen LogP contribution in [0.4, 0.5) is 4.79 Å². The zero-order chi connectivity index (χ0) is 13.3. The van der Waals surface area contributed by atoms with E-state index in [2.05, 4.69) is 0 Å². The van der Waals surface area contributed by atoms with Crippen molar-refractivity contribution in [2.45, 2.75) is 31.9 Å². The Hall–Kier alpha value is -1.55. The van der Waals surface area contributed by atoms with E-state index >= 15 is 0 Å². The number of nitrogens with zero attached hydrogens (tertiary/aromatic N) is 1. The van der Waals surface area contributed by atoms with Crippen LogP contribution in [0, 0.1) is 5.41 Å². The van der Waals surface area contributed by atoms with Gasteiger partial charge in [0.25, 0.3) is 0 Å². The number of rotatable bonds is 2. The minimum absolute atomic E-state index is 0.201. The van der Waals surface area contributed by atoms with Crippen LogP contribution in [0.15, 0.2) is 30.3 Å². The van der Waals surface area contributed by atoms with Crippen LogP contribution in [-0.4, -0.2) is 30.1 Å². The minimum atomic E-state index is -0.201. The van der Waals surface area contributed by atoms with Gasteiger partial charge in [0.2, 0.25) is 0 Å². The molecule has 0 radical (unpaired) electrons. The second-order valence-corrected chi connectivity index (χ2v) is 5.70. The van der Waals surface area contributed by atoms with E-state index in [-0.39, 0.29) is 6.09 Å². The Morgan fingerprint density at radius 1 is 1.32 bits per heavy atom. The van der Waals surface area contributed by atoms with E-state index in [0.29, 0.717) is 18.1 Å². The van der Waals surface area contributed by atoms with Crippen molar-refractivity contribution < 1.29 is 9.53 Å². The number of nitrogens with two attached hydrogens (primary N) is 1. The first-order chi connectivity index (χ1) is 9.20. The molecule has 1 aliphatic carbocycles. The predicted octanol–water partition coefficient (Wildman–Crippen LogP) is 2.14. The molecule has 4 heteroatoms. The number of hydrogen-bond donors (Lipinski definition) is 1. The molecule has 1 saturated carbocycles. The smallest absolute Gasteiger partial charge is 0.410 e. The number of amides is 1. The van der Waals surface area contributed by atoms with Gasteiger partial charge in [-0.1, -0.05) is 30.3 Å². The van der Waals surface area contributed by atoms with Crippen molar-refractivity contribution in [1.29, 1.82) is 0 Å². The van der Waals surface area contributed by atoms with Crippen molar-refractivity contribution in [3.05, 3.63) is 35.9 Å². The first-order valence-electron chi connectivity index (χ1n) is 6.91. The van der Waals surface area contributed by atoms with Crippen LogP contribution in [0.25, 0.3) is 0 Å². The van der Waals surface area contributed by atoms with Gasteiger partial charge in [-0.2, -0.15) is 0 Å². The van der Waals surface area contributed by atoms with Gasteiger partial charge in [-0.15, -0.1) is 0 Å². The van der Waals surface area contributed by atoms with Gasteiger partial charge < -0.3 is 15.4 Å². The van der Waals surface area contributed by atoms with Crippen molar-refractivity contribution in [2.24, 2.45) is 11.1 Å². The topological polar surface area (TPSA) is 55.6 Å². The summed E-state index contributed by atoms with van der Waals surface area (Å²) in [5, 5.41) is 0. The third-order valence-corrected chi connectivity index (χ3v) is 4.48. The van der Waals surface area contributed by atoms with Crippen LogP contribution in [0.2, 0.25) is 0 Å². The van der Waals surface area contributed by atoms with Gasteiger partial charge in [0, 0.05) is 19.1 Å². The summed E-state index contributed by atoms with van der Waals surface area (Å²) in [5.74, 6) is 0. The maximum Gasteiger partial charge on any atom is 0.410 e. The standard InChI is InChI=1S/C15H20N2O2/c16-13-10-15(13)6-8-17(9-7-15)14(18)19-11-12-4-2-1-3-5-12/h1-5,13H,6-11,16H2/t13-/m1/s1. The lowest BCUT2D eigenvalue weighted by Gasteiger charge is -2.31. The first-order valence-corrected chi connectivity index (χ1v) is 6.91. The summed E-state index contributed by atoms with van der Waals surface area (Å²) in [6.07, 6.45) is 2.97. The summed E-state index contributed by atoms with van der Waals surface area (Å²) < 4.78 is 5.34. The maximum absolute atomic E-state index is 12.0. The maximum atomic E-state index is 12.0. The van der Waals surface area contributed by atoms with Crippen LogP contribution in [0.1, 0.15) is 24.8 Å². The van der Waals surface area contributed by atoms with Crippen LogP contribution in [0.3, 0.4) is 0 Å². The first kappa shape index (κ1) is 12.5. The molecule has 2 aliphatic rings. The fraction of sp³-hybridized carbons (Fsp3) is 0.533. The van der Waals surface area contributed by atoms with E-state index in [0.717, 1.165) is 37.9 Å². The summed E-state index contributed by atoms with van der Waals surface area (Å²) in [4.78, 5) is 13.8. The van der Waals surface area contributed by atoms with Crippen molar-refractivity contribution in [1.82, 2.24) is 4.90 Å². The Balaban J connectivity index is 1.46. The largest absolute Gasteiger partial charge is 0.445 e. The molecule has 1 heterocycles. The Morgan fingerprint density at radius 3 is 2.53 bits per heavy atom. The Kier molecular flexibility index (Phi) is 3.19. The van der Waals surface area contributed by atoms with E-state index in [4.69, 9.17) is 10.5 Å². The lowest BCUT2D eigenvalue weighted by Crippen LogP contribution is -2.40. The molecule has 1 spiro atoms. The molecule has 102 valence electrons. The zero-order valence-electron chi connectivity index (χ0n) is 11.0. The molecule has 1 amide bonds. The second-order valence-electron chi connectivity index (χ2n) is 5.70. The number of hydrogen-bond acceptors (Lipinski definition) is 3. The lowest BCUT2D eigenvalue weighted by molar-refractivity contribution is 0.0792. The van der Waals surface area contributed by atoms with E-state index < -0.39 is 0 Å². The summed E-state index contributed by atoms with van der Waals surface area (Å²) >= 11 is 0. The quantitative estimate of drug-likeness (QED) is 0.886. The highest BCUT2D eigenvalue weighted by atomic mass is 16.6. The van der Waals surface area contributed by atoms with Gasteiger partial charge in [-0.25, -0.2) is 4.79 Å². The summed E-state index contributed by atoms with van der Waals surface area (Å²) in [5.41, 5.74) is 7.32. The second kappa shape index (κ2) is 4.85. The number of carbonyl (C=O) groups is 1. The van der Waals surface area contributed by atoms with Crippen molar-refractivity contribution >= 4 is 6.09 Å². The van der Waals surface area contributed by atoms with Gasteiger partial charge in [0.05, 0.1) is 0 Å². The van der Waals surface area contributed by atoms with Crippen LogP contribution in [0.5, 0.6) is 0 Å². The van der Waals surface area contributed by atoms with E-state index in [1.165, 1.54) is 0 Å². The summed E-state index contributed by atoms with van der Waals surface area (Å²) in [6, 6.07) is 10.1.